The normalized spacial score (nSPS) is 11.9. The van der Waals surface area contributed by atoms with E-state index in [1.165, 1.54) is 0 Å². The third-order valence-corrected chi connectivity index (χ3v) is 4.87. The molecule has 0 aliphatic rings. The number of hydrogen-bond donors (Lipinski definition) is 1. The molecule has 0 amide bonds. The van der Waals surface area contributed by atoms with E-state index in [0.29, 0.717) is 17.3 Å². The van der Waals surface area contributed by atoms with Gasteiger partial charge in [0.05, 0.1) is 29.6 Å². The van der Waals surface area contributed by atoms with E-state index in [1.54, 1.807) is 13.0 Å². The number of para-hydroxylation sites is 1. The molecule has 0 aliphatic heterocycles. The number of carbonyl (C=O) groups excluding carboxylic acids is 1. The van der Waals surface area contributed by atoms with Gasteiger partial charge in [-0.2, -0.15) is 5.10 Å². The standard InChI is InChI=1S/C21H22ClN3O2/c1-4-27-21(26)16-12-8-9-13-17(16)25(3)14(2)18-19(23-24-20(18)22)15-10-6-5-7-11-15/h5-14H,4H2,1-3H3,(H,23,24). The number of halogens is 1. The number of anilines is 1. The van der Waals surface area contributed by atoms with Crippen molar-refractivity contribution in [2.24, 2.45) is 0 Å². The number of aromatic amines is 1. The number of esters is 1. The highest BCUT2D eigenvalue weighted by Crippen LogP contribution is 2.36. The maximum atomic E-state index is 12.3. The SMILES string of the molecule is CCOC(=O)c1ccccc1N(C)C(C)c1c(-c2ccccc2)n[nH]c1Cl. The molecule has 140 valence electrons. The molecule has 2 aromatic carbocycles. The Bertz CT molecular complexity index is 924. The van der Waals surface area contributed by atoms with E-state index in [1.807, 2.05) is 67.4 Å². The van der Waals surface area contributed by atoms with E-state index in [0.717, 1.165) is 22.5 Å². The number of carbonyl (C=O) groups is 1. The summed E-state index contributed by atoms with van der Waals surface area (Å²) < 4.78 is 5.20. The molecular formula is C21H22ClN3O2. The molecule has 1 N–H and O–H groups in total. The number of ether oxygens (including phenoxy) is 1. The number of benzene rings is 2. The highest BCUT2D eigenvalue weighted by Gasteiger charge is 2.25. The van der Waals surface area contributed by atoms with E-state index < -0.39 is 0 Å². The highest BCUT2D eigenvalue weighted by molar-refractivity contribution is 6.30. The molecule has 5 nitrogen and oxygen atoms in total. The maximum absolute atomic E-state index is 12.3. The van der Waals surface area contributed by atoms with Crippen LogP contribution in [0.25, 0.3) is 11.3 Å². The Morgan fingerprint density at radius 1 is 1.19 bits per heavy atom. The molecule has 1 unspecified atom stereocenters. The number of nitrogens with one attached hydrogen (secondary N) is 1. The fourth-order valence-corrected chi connectivity index (χ4v) is 3.38. The van der Waals surface area contributed by atoms with Gasteiger partial charge in [0, 0.05) is 18.2 Å². The minimum absolute atomic E-state index is 0.123. The van der Waals surface area contributed by atoms with Gasteiger partial charge < -0.3 is 9.64 Å². The Kier molecular flexibility index (Phi) is 5.81. The average Bonchev–Trinajstić information content (AvgIpc) is 3.09. The van der Waals surface area contributed by atoms with Crippen LogP contribution in [-0.4, -0.2) is 29.8 Å². The van der Waals surface area contributed by atoms with Crippen LogP contribution < -0.4 is 4.90 Å². The Labute approximate surface area is 163 Å². The van der Waals surface area contributed by atoms with Crippen LogP contribution in [0.1, 0.15) is 35.8 Å². The Morgan fingerprint density at radius 3 is 2.56 bits per heavy atom. The Morgan fingerprint density at radius 2 is 1.85 bits per heavy atom. The van der Waals surface area contributed by atoms with Crippen molar-refractivity contribution in [3.8, 4) is 11.3 Å². The third kappa shape index (κ3) is 3.83. The first-order valence-electron chi connectivity index (χ1n) is 8.82. The van der Waals surface area contributed by atoms with Gasteiger partial charge in [-0.05, 0) is 26.0 Å². The van der Waals surface area contributed by atoms with Gasteiger partial charge in [0.1, 0.15) is 5.15 Å². The van der Waals surface area contributed by atoms with E-state index in [9.17, 15) is 4.79 Å². The summed E-state index contributed by atoms with van der Waals surface area (Å²) in [5.41, 5.74) is 3.96. The van der Waals surface area contributed by atoms with Crippen molar-refractivity contribution in [1.82, 2.24) is 10.2 Å². The van der Waals surface area contributed by atoms with Crippen molar-refractivity contribution in [3.63, 3.8) is 0 Å². The molecule has 1 aromatic heterocycles. The minimum atomic E-state index is -0.339. The van der Waals surface area contributed by atoms with Crippen molar-refractivity contribution in [3.05, 3.63) is 70.9 Å². The quantitative estimate of drug-likeness (QED) is 0.601. The molecule has 0 saturated heterocycles. The molecule has 0 aliphatic carbocycles. The number of hydrogen-bond acceptors (Lipinski definition) is 4. The number of rotatable bonds is 6. The minimum Gasteiger partial charge on any atom is -0.462 e. The van der Waals surface area contributed by atoms with Crippen LogP contribution in [0.2, 0.25) is 5.15 Å². The molecule has 0 spiro atoms. The van der Waals surface area contributed by atoms with Gasteiger partial charge in [0.2, 0.25) is 0 Å². The van der Waals surface area contributed by atoms with Crippen molar-refractivity contribution < 1.29 is 9.53 Å². The second-order valence-electron chi connectivity index (χ2n) is 6.19. The van der Waals surface area contributed by atoms with Gasteiger partial charge >= 0.3 is 5.97 Å². The molecule has 6 heteroatoms. The number of aromatic nitrogens is 2. The zero-order valence-electron chi connectivity index (χ0n) is 15.6. The second kappa shape index (κ2) is 8.27. The summed E-state index contributed by atoms with van der Waals surface area (Å²) in [4.78, 5) is 14.4. The molecular weight excluding hydrogens is 362 g/mol. The molecule has 27 heavy (non-hydrogen) atoms. The van der Waals surface area contributed by atoms with Gasteiger partial charge in [0.15, 0.2) is 0 Å². The molecule has 0 saturated carbocycles. The monoisotopic (exact) mass is 383 g/mol. The van der Waals surface area contributed by atoms with Gasteiger partial charge in [-0.3, -0.25) is 5.10 Å². The largest absolute Gasteiger partial charge is 0.462 e. The lowest BCUT2D eigenvalue weighted by Crippen LogP contribution is -2.24. The summed E-state index contributed by atoms with van der Waals surface area (Å²) in [5, 5.41) is 7.76. The second-order valence-corrected chi connectivity index (χ2v) is 6.57. The van der Waals surface area contributed by atoms with Crippen LogP contribution in [-0.2, 0) is 4.74 Å². The molecule has 1 heterocycles. The fourth-order valence-electron chi connectivity index (χ4n) is 3.09. The zero-order chi connectivity index (χ0) is 19.4. The van der Waals surface area contributed by atoms with E-state index >= 15 is 0 Å². The Balaban J connectivity index is 2.00. The van der Waals surface area contributed by atoms with Crippen molar-refractivity contribution in [2.75, 3.05) is 18.6 Å². The average molecular weight is 384 g/mol. The first kappa shape index (κ1) is 19.0. The van der Waals surface area contributed by atoms with Gasteiger partial charge in [-0.1, -0.05) is 54.1 Å². The smallest absolute Gasteiger partial charge is 0.340 e. The van der Waals surface area contributed by atoms with E-state index in [4.69, 9.17) is 16.3 Å². The van der Waals surface area contributed by atoms with Gasteiger partial charge in [0.25, 0.3) is 0 Å². The first-order chi connectivity index (χ1) is 13.0. The summed E-state index contributed by atoms with van der Waals surface area (Å²) in [6, 6.07) is 17.2. The number of H-pyrrole nitrogens is 1. The van der Waals surface area contributed by atoms with Crippen LogP contribution in [0.4, 0.5) is 5.69 Å². The lowest BCUT2D eigenvalue weighted by molar-refractivity contribution is 0.0527. The lowest BCUT2D eigenvalue weighted by Gasteiger charge is -2.29. The summed E-state index contributed by atoms with van der Waals surface area (Å²) in [6.07, 6.45) is 0. The van der Waals surface area contributed by atoms with Gasteiger partial charge in [-0.25, -0.2) is 4.79 Å². The first-order valence-corrected chi connectivity index (χ1v) is 9.20. The van der Waals surface area contributed by atoms with Crippen molar-refractivity contribution in [1.29, 1.82) is 0 Å². The predicted molar refractivity (Wildman–Crippen MR) is 108 cm³/mol. The lowest BCUT2D eigenvalue weighted by atomic mass is 10.0. The van der Waals surface area contributed by atoms with Crippen LogP contribution in [0.5, 0.6) is 0 Å². The van der Waals surface area contributed by atoms with E-state index in [-0.39, 0.29) is 12.0 Å². The van der Waals surface area contributed by atoms with E-state index in [2.05, 4.69) is 10.2 Å². The molecule has 3 aromatic rings. The summed E-state index contributed by atoms with van der Waals surface area (Å²) in [7, 11) is 1.93. The van der Waals surface area contributed by atoms with Gasteiger partial charge in [-0.15, -0.1) is 0 Å². The Hall–Kier alpha value is -2.79. The van der Waals surface area contributed by atoms with Crippen LogP contribution in [0, 0.1) is 0 Å². The predicted octanol–water partition coefficient (Wildman–Crippen LogP) is 5.10. The summed E-state index contributed by atoms with van der Waals surface area (Å²) in [6.45, 7) is 4.16. The third-order valence-electron chi connectivity index (χ3n) is 4.58. The zero-order valence-corrected chi connectivity index (χ0v) is 16.3. The topological polar surface area (TPSA) is 58.2 Å². The maximum Gasteiger partial charge on any atom is 0.340 e. The van der Waals surface area contributed by atoms with Crippen molar-refractivity contribution >= 4 is 23.3 Å². The van der Waals surface area contributed by atoms with Crippen LogP contribution >= 0.6 is 11.6 Å². The molecule has 1 atom stereocenters. The highest BCUT2D eigenvalue weighted by atomic mass is 35.5. The molecule has 0 bridgehead atoms. The number of nitrogens with zero attached hydrogens (tertiary/aromatic N) is 2. The molecule has 3 rings (SSSR count). The fraction of sp³-hybridized carbons (Fsp3) is 0.238. The van der Waals surface area contributed by atoms with Crippen LogP contribution in [0.3, 0.4) is 0 Å². The van der Waals surface area contributed by atoms with Crippen molar-refractivity contribution in [2.45, 2.75) is 19.9 Å². The van der Waals surface area contributed by atoms with Crippen LogP contribution in [0.15, 0.2) is 54.6 Å². The summed E-state index contributed by atoms with van der Waals surface area (Å²) >= 11 is 6.44. The molecule has 0 fully saturated rings. The summed E-state index contributed by atoms with van der Waals surface area (Å²) in [5.74, 6) is -0.339. The molecule has 0 radical (unpaired) electrons.